The molecule has 0 saturated heterocycles. The Hall–Kier alpha value is -3.65. The van der Waals surface area contributed by atoms with Crippen molar-refractivity contribution in [2.45, 2.75) is 12.5 Å². The molecule has 0 spiro atoms. The molecule has 0 saturated carbocycles. The van der Waals surface area contributed by atoms with E-state index in [0.29, 0.717) is 41.1 Å². The minimum Gasteiger partial charge on any atom is -0.498 e. The van der Waals surface area contributed by atoms with Gasteiger partial charge in [-0.05, 0) is 29.7 Å². The molecule has 1 amide bonds. The van der Waals surface area contributed by atoms with E-state index in [2.05, 4.69) is 4.74 Å². The minimum absolute atomic E-state index is 0.0334. The summed E-state index contributed by atoms with van der Waals surface area (Å²) in [5.74, 6) is -0.120. The van der Waals surface area contributed by atoms with Gasteiger partial charge in [-0.15, -0.1) is 0 Å². The molecule has 0 aliphatic carbocycles. The molecule has 5 N–H and O–H groups in total. The molecule has 1 aliphatic heterocycles. The van der Waals surface area contributed by atoms with Gasteiger partial charge in [-0.25, -0.2) is 0 Å². The smallest absolute Gasteiger partial charge is 0.322 e. The van der Waals surface area contributed by atoms with Crippen LogP contribution in [0.2, 0.25) is 0 Å². The highest BCUT2D eigenvalue weighted by molar-refractivity contribution is 6.29. The first-order valence-corrected chi connectivity index (χ1v) is 9.32. The zero-order valence-electron chi connectivity index (χ0n) is 16.8. The summed E-state index contributed by atoms with van der Waals surface area (Å²) in [4.78, 5) is 26.2. The van der Waals surface area contributed by atoms with Gasteiger partial charge >= 0.3 is 5.97 Å². The number of carbonyl (C=O) groups is 2. The van der Waals surface area contributed by atoms with Crippen molar-refractivity contribution >= 4 is 29.0 Å². The van der Waals surface area contributed by atoms with Crippen LogP contribution in [0.3, 0.4) is 0 Å². The predicted molar refractivity (Wildman–Crippen MR) is 114 cm³/mol. The highest BCUT2D eigenvalue weighted by atomic mass is 16.5. The number of nitrogen functional groups attached to an aromatic ring is 1. The Morgan fingerprint density at radius 1 is 1.13 bits per heavy atom. The number of nitrogens with zero attached hydrogens (tertiary/aromatic N) is 1. The van der Waals surface area contributed by atoms with Gasteiger partial charge in [0.1, 0.15) is 17.6 Å². The molecular weight excluding hydrogens is 384 g/mol. The maximum absolute atomic E-state index is 13.1. The third-order valence-electron chi connectivity index (χ3n) is 4.98. The molecule has 1 aliphatic rings. The van der Waals surface area contributed by atoms with E-state index in [1.165, 1.54) is 14.2 Å². The van der Waals surface area contributed by atoms with Gasteiger partial charge in [0.05, 0.1) is 26.3 Å². The fraction of sp³-hybridized carbons (Fsp3) is 0.227. The number of benzene rings is 2. The van der Waals surface area contributed by atoms with Gasteiger partial charge < -0.3 is 25.8 Å². The Kier molecular flexibility index (Phi) is 6.17. The standard InChI is InChI=1S/C22H24N4O4/c1-29-18-12-26(16-9-3-13(4-10-16)11-17(23)22(28)30-2)21(27)19(18)14-5-7-15(8-6-14)20(24)25/h3-10,17H,11-12,23H2,1-2H3,(H3,24,25). The molecule has 0 radical (unpaired) electrons. The lowest BCUT2D eigenvalue weighted by Crippen LogP contribution is -2.33. The number of nitrogens with one attached hydrogen (secondary N) is 1. The van der Waals surface area contributed by atoms with Gasteiger partial charge in [0.2, 0.25) is 0 Å². The molecule has 2 aromatic rings. The second-order valence-electron chi connectivity index (χ2n) is 6.88. The Morgan fingerprint density at radius 2 is 1.77 bits per heavy atom. The molecule has 0 aromatic heterocycles. The number of hydrogen-bond acceptors (Lipinski definition) is 6. The van der Waals surface area contributed by atoms with Gasteiger partial charge in [-0.1, -0.05) is 36.4 Å². The lowest BCUT2D eigenvalue weighted by Gasteiger charge is -2.17. The van der Waals surface area contributed by atoms with Crippen molar-refractivity contribution in [3.8, 4) is 0 Å². The number of amides is 1. The van der Waals surface area contributed by atoms with Crippen LogP contribution in [0.15, 0.2) is 54.3 Å². The normalized spacial score (nSPS) is 14.6. The largest absolute Gasteiger partial charge is 0.498 e. The topological polar surface area (TPSA) is 132 Å². The van der Waals surface area contributed by atoms with E-state index < -0.39 is 12.0 Å². The molecule has 0 bridgehead atoms. The number of nitrogens with two attached hydrogens (primary N) is 2. The number of ether oxygens (including phenoxy) is 2. The van der Waals surface area contributed by atoms with E-state index in [0.717, 1.165) is 5.56 Å². The van der Waals surface area contributed by atoms with Crippen LogP contribution in [0, 0.1) is 5.41 Å². The second kappa shape index (κ2) is 8.79. The number of hydrogen-bond donors (Lipinski definition) is 3. The molecule has 0 fully saturated rings. The number of anilines is 1. The maximum atomic E-state index is 13.1. The van der Waals surface area contributed by atoms with Crippen LogP contribution >= 0.6 is 0 Å². The molecule has 8 heteroatoms. The molecule has 2 aromatic carbocycles. The highest BCUT2D eigenvalue weighted by Gasteiger charge is 2.33. The Morgan fingerprint density at radius 3 is 2.30 bits per heavy atom. The molecule has 156 valence electrons. The fourth-order valence-corrected chi connectivity index (χ4v) is 3.33. The van der Waals surface area contributed by atoms with Crippen LogP contribution in [0.4, 0.5) is 5.69 Å². The molecular formula is C22H24N4O4. The first kappa shape index (κ1) is 21.1. The molecule has 8 nitrogen and oxygen atoms in total. The van der Waals surface area contributed by atoms with Crippen molar-refractivity contribution in [2.24, 2.45) is 11.5 Å². The van der Waals surface area contributed by atoms with Crippen LogP contribution in [0.1, 0.15) is 16.7 Å². The molecule has 1 atom stereocenters. The van der Waals surface area contributed by atoms with Crippen molar-refractivity contribution in [3.05, 3.63) is 71.0 Å². The summed E-state index contributed by atoms with van der Waals surface area (Å²) < 4.78 is 10.1. The van der Waals surface area contributed by atoms with Gasteiger partial charge in [0.25, 0.3) is 5.91 Å². The second-order valence-corrected chi connectivity index (χ2v) is 6.88. The molecule has 1 heterocycles. The molecule has 30 heavy (non-hydrogen) atoms. The predicted octanol–water partition coefficient (Wildman–Crippen LogP) is 1.42. The van der Waals surface area contributed by atoms with Crippen LogP contribution < -0.4 is 16.4 Å². The van der Waals surface area contributed by atoms with Crippen molar-refractivity contribution in [3.63, 3.8) is 0 Å². The molecule has 3 rings (SSSR count). The Labute approximate surface area is 174 Å². The van der Waals surface area contributed by atoms with E-state index in [-0.39, 0.29) is 11.7 Å². The summed E-state index contributed by atoms with van der Waals surface area (Å²) in [5.41, 5.74) is 14.6. The first-order chi connectivity index (χ1) is 14.3. The highest BCUT2D eigenvalue weighted by Crippen LogP contribution is 2.32. The van der Waals surface area contributed by atoms with E-state index >= 15 is 0 Å². The number of rotatable bonds is 7. The van der Waals surface area contributed by atoms with Crippen LogP contribution in [-0.4, -0.2) is 44.5 Å². The number of esters is 1. The zero-order chi connectivity index (χ0) is 21.8. The third-order valence-corrected chi connectivity index (χ3v) is 4.98. The van der Waals surface area contributed by atoms with Crippen LogP contribution in [-0.2, 0) is 25.5 Å². The van der Waals surface area contributed by atoms with Crippen LogP contribution in [0.25, 0.3) is 5.57 Å². The summed E-state index contributed by atoms with van der Waals surface area (Å²) in [6.07, 6.45) is 0.343. The van der Waals surface area contributed by atoms with Gasteiger partial charge in [-0.3, -0.25) is 15.0 Å². The monoisotopic (exact) mass is 408 g/mol. The Balaban J connectivity index is 1.80. The molecule has 1 unspecified atom stereocenters. The maximum Gasteiger partial charge on any atom is 0.322 e. The van der Waals surface area contributed by atoms with Crippen molar-refractivity contribution < 1.29 is 19.1 Å². The van der Waals surface area contributed by atoms with Crippen molar-refractivity contribution in [2.75, 3.05) is 25.7 Å². The van der Waals surface area contributed by atoms with Crippen LogP contribution in [0.5, 0.6) is 0 Å². The summed E-state index contributed by atoms with van der Waals surface area (Å²) in [6, 6.07) is 13.5. The summed E-state index contributed by atoms with van der Waals surface area (Å²) in [6.45, 7) is 0.306. The Bertz CT molecular complexity index is 997. The van der Waals surface area contributed by atoms with Gasteiger partial charge in [-0.2, -0.15) is 0 Å². The summed E-state index contributed by atoms with van der Waals surface area (Å²) in [7, 11) is 2.84. The zero-order valence-corrected chi connectivity index (χ0v) is 16.8. The number of amidine groups is 1. The lowest BCUT2D eigenvalue weighted by molar-refractivity contribution is -0.142. The minimum atomic E-state index is -0.736. The van der Waals surface area contributed by atoms with Crippen molar-refractivity contribution in [1.29, 1.82) is 5.41 Å². The lowest BCUT2D eigenvalue weighted by atomic mass is 10.0. The average molecular weight is 408 g/mol. The van der Waals surface area contributed by atoms with E-state index in [1.54, 1.807) is 29.2 Å². The van der Waals surface area contributed by atoms with E-state index in [9.17, 15) is 9.59 Å². The van der Waals surface area contributed by atoms with Gasteiger partial charge in [0, 0.05) is 11.3 Å². The first-order valence-electron chi connectivity index (χ1n) is 9.32. The quantitative estimate of drug-likeness (QED) is 0.361. The van der Waals surface area contributed by atoms with Crippen molar-refractivity contribution in [1.82, 2.24) is 0 Å². The van der Waals surface area contributed by atoms with E-state index in [1.807, 2.05) is 24.3 Å². The summed E-state index contributed by atoms with van der Waals surface area (Å²) in [5, 5.41) is 7.50. The average Bonchev–Trinajstić information content (AvgIpc) is 3.09. The third kappa shape index (κ3) is 4.18. The van der Waals surface area contributed by atoms with Gasteiger partial charge in [0.15, 0.2) is 0 Å². The SMILES string of the molecule is COC(=O)C(N)Cc1ccc(N2CC(OC)=C(c3ccc(C(=N)N)cc3)C2=O)cc1. The van der Waals surface area contributed by atoms with E-state index in [4.69, 9.17) is 21.6 Å². The fourth-order valence-electron chi connectivity index (χ4n) is 3.33. The summed E-state index contributed by atoms with van der Waals surface area (Å²) >= 11 is 0. The number of carbonyl (C=O) groups excluding carboxylic acids is 2. The number of methoxy groups -OCH3 is 2.